The molecule has 0 saturated carbocycles. The van der Waals surface area contributed by atoms with E-state index in [-0.39, 0.29) is 11.2 Å². The summed E-state index contributed by atoms with van der Waals surface area (Å²) in [6.45, 7) is 6.12. The molecule has 1 aromatic heterocycles. The average Bonchev–Trinajstić information content (AvgIpc) is 2.50. The fraction of sp³-hybridized carbons (Fsp3) is 0.364. The van der Waals surface area contributed by atoms with Gasteiger partial charge in [0, 0.05) is 0 Å². The molecule has 0 spiro atoms. The van der Waals surface area contributed by atoms with Crippen LogP contribution in [0.2, 0.25) is 0 Å². The SMILES string of the molecule is CC(C)(C)/C=C/C(=O)c1ccco1. The van der Waals surface area contributed by atoms with E-state index in [9.17, 15) is 4.79 Å². The second-order valence-corrected chi connectivity index (χ2v) is 4.04. The van der Waals surface area contributed by atoms with Gasteiger partial charge < -0.3 is 4.42 Å². The van der Waals surface area contributed by atoms with Crippen molar-refractivity contribution in [2.45, 2.75) is 20.8 Å². The van der Waals surface area contributed by atoms with Crippen LogP contribution in [0.5, 0.6) is 0 Å². The largest absolute Gasteiger partial charge is 0.461 e. The van der Waals surface area contributed by atoms with Crippen molar-refractivity contribution < 1.29 is 9.21 Å². The highest BCUT2D eigenvalue weighted by Crippen LogP contribution is 2.15. The van der Waals surface area contributed by atoms with Gasteiger partial charge in [-0.05, 0) is 23.6 Å². The van der Waals surface area contributed by atoms with Crippen molar-refractivity contribution in [3.8, 4) is 0 Å². The highest BCUT2D eigenvalue weighted by atomic mass is 16.3. The quantitative estimate of drug-likeness (QED) is 0.514. The van der Waals surface area contributed by atoms with Gasteiger partial charge in [-0.2, -0.15) is 0 Å². The first-order valence-electron chi connectivity index (χ1n) is 4.26. The highest BCUT2D eigenvalue weighted by Gasteiger charge is 2.08. The van der Waals surface area contributed by atoms with E-state index in [1.165, 1.54) is 6.26 Å². The zero-order valence-electron chi connectivity index (χ0n) is 8.20. The van der Waals surface area contributed by atoms with E-state index in [0.717, 1.165) is 0 Å². The summed E-state index contributed by atoms with van der Waals surface area (Å²) in [5, 5.41) is 0. The smallest absolute Gasteiger partial charge is 0.220 e. The van der Waals surface area contributed by atoms with Crippen LogP contribution in [0.25, 0.3) is 0 Å². The Hall–Kier alpha value is -1.31. The molecule has 0 atom stereocenters. The minimum Gasteiger partial charge on any atom is -0.461 e. The molecular formula is C11H14O2. The molecule has 0 unspecified atom stereocenters. The van der Waals surface area contributed by atoms with E-state index in [1.807, 2.05) is 26.8 Å². The van der Waals surface area contributed by atoms with Gasteiger partial charge in [-0.15, -0.1) is 0 Å². The van der Waals surface area contributed by atoms with Gasteiger partial charge in [-0.25, -0.2) is 0 Å². The number of hydrogen-bond donors (Lipinski definition) is 0. The van der Waals surface area contributed by atoms with Crippen LogP contribution in [0.15, 0.2) is 35.0 Å². The molecule has 2 nitrogen and oxygen atoms in total. The Morgan fingerprint density at radius 1 is 1.46 bits per heavy atom. The number of furan rings is 1. The van der Waals surface area contributed by atoms with Crippen LogP contribution in [0.4, 0.5) is 0 Å². The molecule has 2 heteroatoms. The second kappa shape index (κ2) is 3.60. The van der Waals surface area contributed by atoms with E-state index in [1.54, 1.807) is 18.2 Å². The first-order valence-corrected chi connectivity index (χ1v) is 4.26. The summed E-state index contributed by atoms with van der Waals surface area (Å²) >= 11 is 0. The van der Waals surface area contributed by atoms with Crippen LogP contribution in [0, 0.1) is 5.41 Å². The molecule has 1 rings (SSSR count). The van der Waals surface area contributed by atoms with Crippen molar-refractivity contribution in [1.82, 2.24) is 0 Å². The Bertz CT molecular complexity index is 299. The third-order valence-corrected chi connectivity index (χ3v) is 1.50. The molecule has 0 saturated heterocycles. The van der Waals surface area contributed by atoms with Crippen LogP contribution in [-0.2, 0) is 0 Å². The lowest BCUT2D eigenvalue weighted by Gasteiger charge is -2.10. The lowest BCUT2D eigenvalue weighted by Crippen LogP contribution is -2.01. The van der Waals surface area contributed by atoms with Crippen LogP contribution in [0.3, 0.4) is 0 Å². The van der Waals surface area contributed by atoms with Crippen molar-refractivity contribution in [1.29, 1.82) is 0 Å². The van der Waals surface area contributed by atoms with E-state index in [4.69, 9.17) is 4.42 Å². The highest BCUT2D eigenvalue weighted by molar-refractivity contribution is 6.02. The average molecular weight is 178 g/mol. The topological polar surface area (TPSA) is 30.2 Å². The predicted octanol–water partition coefficient (Wildman–Crippen LogP) is 3.06. The molecule has 70 valence electrons. The molecule has 0 radical (unpaired) electrons. The first kappa shape index (κ1) is 9.78. The summed E-state index contributed by atoms with van der Waals surface area (Å²) in [6, 6.07) is 3.37. The van der Waals surface area contributed by atoms with E-state index in [0.29, 0.717) is 5.76 Å². The molecular weight excluding hydrogens is 164 g/mol. The van der Waals surface area contributed by atoms with Crippen LogP contribution in [0.1, 0.15) is 31.3 Å². The van der Waals surface area contributed by atoms with Crippen LogP contribution >= 0.6 is 0 Å². The molecule has 1 aromatic rings. The lowest BCUT2D eigenvalue weighted by atomic mass is 9.96. The summed E-state index contributed by atoms with van der Waals surface area (Å²) in [7, 11) is 0. The molecule has 0 aliphatic heterocycles. The zero-order valence-corrected chi connectivity index (χ0v) is 8.20. The maximum Gasteiger partial charge on any atom is 0.220 e. The zero-order chi connectivity index (χ0) is 9.90. The molecule has 0 aromatic carbocycles. The van der Waals surface area contributed by atoms with Gasteiger partial charge in [0.1, 0.15) is 0 Å². The lowest BCUT2D eigenvalue weighted by molar-refractivity contribution is 0.102. The number of hydrogen-bond acceptors (Lipinski definition) is 2. The van der Waals surface area contributed by atoms with Gasteiger partial charge in [0.15, 0.2) is 5.76 Å². The maximum absolute atomic E-state index is 11.4. The predicted molar refractivity (Wildman–Crippen MR) is 51.6 cm³/mol. The minimum absolute atomic E-state index is 0.0300. The Balaban J connectivity index is 2.67. The second-order valence-electron chi connectivity index (χ2n) is 4.04. The van der Waals surface area contributed by atoms with Crippen LogP contribution in [-0.4, -0.2) is 5.78 Å². The number of carbonyl (C=O) groups excluding carboxylic acids is 1. The summed E-state index contributed by atoms with van der Waals surface area (Å²) in [5.74, 6) is 0.306. The molecule has 1 heterocycles. The van der Waals surface area contributed by atoms with Gasteiger partial charge >= 0.3 is 0 Å². The van der Waals surface area contributed by atoms with E-state index < -0.39 is 0 Å². The number of ketones is 1. The molecule has 0 aliphatic rings. The molecule has 0 N–H and O–H groups in total. The monoisotopic (exact) mass is 178 g/mol. The molecule has 0 amide bonds. The normalized spacial score (nSPS) is 12.2. The van der Waals surface area contributed by atoms with Gasteiger partial charge in [0.25, 0.3) is 0 Å². The summed E-state index contributed by atoms with van der Waals surface area (Å²) in [4.78, 5) is 11.4. The third kappa shape index (κ3) is 3.28. The van der Waals surface area contributed by atoms with Crippen LogP contribution < -0.4 is 0 Å². The van der Waals surface area contributed by atoms with Crippen molar-refractivity contribution in [3.05, 3.63) is 36.3 Å². The standard InChI is InChI=1S/C11H14O2/c1-11(2,3)7-6-9(12)10-5-4-8-13-10/h4-8H,1-3H3/b7-6+. The van der Waals surface area contributed by atoms with Crippen molar-refractivity contribution in [2.24, 2.45) is 5.41 Å². The van der Waals surface area contributed by atoms with E-state index in [2.05, 4.69) is 0 Å². The fourth-order valence-electron chi connectivity index (χ4n) is 0.827. The number of rotatable bonds is 2. The molecule has 0 aliphatic carbocycles. The maximum atomic E-state index is 11.4. The van der Waals surface area contributed by atoms with Crippen molar-refractivity contribution in [2.75, 3.05) is 0 Å². The molecule has 0 fully saturated rings. The summed E-state index contributed by atoms with van der Waals surface area (Å²) in [5.41, 5.74) is 0.0300. The van der Waals surface area contributed by atoms with Gasteiger partial charge in [-0.3, -0.25) is 4.79 Å². The van der Waals surface area contributed by atoms with Gasteiger partial charge in [0.2, 0.25) is 5.78 Å². The Morgan fingerprint density at radius 2 is 2.15 bits per heavy atom. The first-order chi connectivity index (χ1) is 5.99. The summed E-state index contributed by atoms with van der Waals surface area (Å²) in [6.07, 6.45) is 4.93. The minimum atomic E-state index is -0.0834. The van der Waals surface area contributed by atoms with Crippen molar-refractivity contribution in [3.63, 3.8) is 0 Å². The number of carbonyl (C=O) groups is 1. The fourth-order valence-corrected chi connectivity index (χ4v) is 0.827. The Kier molecular flexibility index (Phi) is 2.71. The molecule has 0 bridgehead atoms. The third-order valence-electron chi connectivity index (χ3n) is 1.50. The Morgan fingerprint density at radius 3 is 2.62 bits per heavy atom. The Labute approximate surface area is 78.3 Å². The van der Waals surface area contributed by atoms with Crippen molar-refractivity contribution >= 4 is 5.78 Å². The van der Waals surface area contributed by atoms with E-state index >= 15 is 0 Å². The van der Waals surface area contributed by atoms with Gasteiger partial charge in [-0.1, -0.05) is 26.8 Å². The summed E-state index contributed by atoms with van der Waals surface area (Å²) < 4.78 is 4.96. The number of allylic oxidation sites excluding steroid dienone is 2. The molecule has 13 heavy (non-hydrogen) atoms. The van der Waals surface area contributed by atoms with Gasteiger partial charge in [0.05, 0.1) is 6.26 Å².